The van der Waals surface area contributed by atoms with Gasteiger partial charge in [-0.15, -0.1) is 0 Å². The van der Waals surface area contributed by atoms with Gasteiger partial charge in [0, 0.05) is 6.20 Å². The zero-order valence-corrected chi connectivity index (χ0v) is 7.28. The smallest absolute Gasteiger partial charge is 0.258 e. The normalized spacial score (nSPS) is 9.64. The van der Waals surface area contributed by atoms with E-state index in [2.05, 4.69) is 4.98 Å². The van der Waals surface area contributed by atoms with E-state index in [1.165, 1.54) is 6.20 Å². The minimum atomic E-state index is -0.828. The monoisotopic (exact) mass is 268 g/mol. The number of halogens is 2. The van der Waals surface area contributed by atoms with Crippen molar-refractivity contribution in [1.82, 2.24) is 4.98 Å². The molecule has 0 saturated heterocycles. The van der Waals surface area contributed by atoms with Crippen LogP contribution >= 0.6 is 22.6 Å². The lowest BCUT2D eigenvalue weighted by Crippen LogP contribution is -1.95. The Morgan fingerprint density at radius 3 is 2.73 bits per heavy atom. The molecule has 1 aromatic rings. The molecule has 11 heavy (non-hydrogen) atoms. The number of hydrogen-bond acceptors (Lipinski definition) is 3. The average Bonchev–Trinajstić information content (AvgIpc) is 1.94. The Morgan fingerprint density at radius 2 is 2.27 bits per heavy atom. The Bertz CT molecular complexity index is 305. The van der Waals surface area contributed by atoms with Gasteiger partial charge in [0.25, 0.3) is 0 Å². The van der Waals surface area contributed by atoms with Gasteiger partial charge in [-0.1, -0.05) is 0 Å². The summed E-state index contributed by atoms with van der Waals surface area (Å²) in [5.41, 5.74) is -0.586. The van der Waals surface area contributed by atoms with Gasteiger partial charge in [-0.3, -0.25) is 15.1 Å². The summed E-state index contributed by atoms with van der Waals surface area (Å²) in [7, 11) is 0. The molecule has 0 fully saturated rings. The Balaban J connectivity index is 3.27. The van der Waals surface area contributed by atoms with E-state index < -0.39 is 16.4 Å². The third-order valence-electron chi connectivity index (χ3n) is 1.02. The lowest BCUT2D eigenvalue weighted by molar-refractivity contribution is -0.388. The van der Waals surface area contributed by atoms with Gasteiger partial charge in [-0.2, -0.15) is 4.39 Å². The summed E-state index contributed by atoms with van der Waals surface area (Å²) >= 11 is 1.64. The van der Waals surface area contributed by atoms with Crippen LogP contribution in [0.1, 0.15) is 0 Å². The third kappa shape index (κ3) is 1.62. The number of hydrogen-bond donors (Lipinski definition) is 0. The minimum Gasteiger partial charge on any atom is -0.258 e. The summed E-state index contributed by atoms with van der Waals surface area (Å²) in [6, 6.07) is 0. The lowest BCUT2D eigenvalue weighted by atomic mass is 10.4. The lowest BCUT2D eigenvalue weighted by Gasteiger charge is -1.93. The molecule has 58 valence electrons. The standard InChI is InChI=1S/C5H2FIN2O2/c6-5-3(7)1-8-2-4(5)9(10)11/h1-2H. The molecule has 0 saturated carbocycles. The molecule has 6 heteroatoms. The molecule has 4 nitrogen and oxygen atoms in total. The summed E-state index contributed by atoms with van der Waals surface area (Å²) in [4.78, 5) is 12.8. The van der Waals surface area contributed by atoms with E-state index in [9.17, 15) is 14.5 Å². The maximum Gasteiger partial charge on any atom is 0.323 e. The molecule has 0 aliphatic heterocycles. The zero-order chi connectivity index (χ0) is 8.43. The highest BCUT2D eigenvalue weighted by molar-refractivity contribution is 14.1. The second-order valence-corrected chi connectivity index (χ2v) is 2.87. The summed E-state index contributed by atoms with van der Waals surface area (Å²) in [6.45, 7) is 0. The van der Waals surface area contributed by atoms with Crippen LogP contribution in [0.5, 0.6) is 0 Å². The van der Waals surface area contributed by atoms with Crippen LogP contribution in [0.2, 0.25) is 0 Å². The van der Waals surface area contributed by atoms with Crippen molar-refractivity contribution in [3.8, 4) is 0 Å². The molecule has 0 aromatic carbocycles. The van der Waals surface area contributed by atoms with Gasteiger partial charge in [0.15, 0.2) is 0 Å². The fraction of sp³-hybridized carbons (Fsp3) is 0. The van der Waals surface area contributed by atoms with E-state index in [0.29, 0.717) is 0 Å². The number of aromatic nitrogens is 1. The van der Waals surface area contributed by atoms with Gasteiger partial charge >= 0.3 is 5.69 Å². The zero-order valence-electron chi connectivity index (χ0n) is 5.12. The molecule has 0 N–H and O–H groups in total. The quantitative estimate of drug-likeness (QED) is 0.442. The van der Waals surface area contributed by atoms with E-state index in [1.54, 1.807) is 22.6 Å². The van der Waals surface area contributed by atoms with Crippen molar-refractivity contribution in [2.75, 3.05) is 0 Å². The molecule has 0 aliphatic rings. The number of pyridine rings is 1. The van der Waals surface area contributed by atoms with Gasteiger partial charge in [-0.25, -0.2) is 0 Å². The molecule has 0 spiro atoms. The van der Waals surface area contributed by atoms with E-state index in [4.69, 9.17) is 0 Å². The summed E-state index contributed by atoms with van der Waals surface area (Å²) in [5, 5.41) is 10.1. The Kier molecular flexibility index (Phi) is 2.32. The first-order valence-corrected chi connectivity index (χ1v) is 3.64. The fourth-order valence-corrected chi connectivity index (χ4v) is 0.973. The molecule has 0 aliphatic carbocycles. The Labute approximate surface area is 74.7 Å². The predicted octanol–water partition coefficient (Wildman–Crippen LogP) is 1.73. The number of rotatable bonds is 1. The predicted molar refractivity (Wildman–Crippen MR) is 43.6 cm³/mol. The van der Waals surface area contributed by atoms with Crippen LogP contribution in [0, 0.1) is 19.5 Å². The van der Waals surface area contributed by atoms with Gasteiger partial charge in [0.1, 0.15) is 6.20 Å². The summed E-state index contributed by atoms with van der Waals surface area (Å²) < 4.78 is 12.9. The Hall–Kier alpha value is -0.790. The average molecular weight is 268 g/mol. The first-order valence-electron chi connectivity index (χ1n) is 2.56. The van der Waals surface area contributed by atoms with Crippen LogP contribution in [0.25, 0.3) is 0 Å². The second kappa shape index (κ2) is 3.07. The van der Waals surface area contributed by atoms with Crippen molar-refractivity contribution in [2.24, 2.45) is 0 Å². The largest absolute Gasteiger partial charge is 0.323 e. The van der Waals surface area contributed by atoms with Crippen molar-refractivity contribution in [3.63, 3.8) is 0 Å². The molecule has 0 amide bonds. The van der Waals surface area contributed by atoms with Crippen molar-refractivity contribution in [1.29, 1.82) is 0 Å². The highest BCUT2D eigenvalue weighted by Gasteiger charge is 2.16. The van der Waals surface area contributed by atoms with Crippen molar-refractivity contribution in [3.05, 3.63) is 31.9 Å². The molecular weight excluding hydrogens is 266 g/mol. The third-order valence-corrected chi connectivity index (χ3v) is 1.77. The van der Waals surface area contributed by atoms with E-state index in [1.807, 2.05) is 0 Å². The van der Waals surface area contributed by atoms with Gasteiger partial charge in [-0.05, 0) is 22.6 Å². The Morgan fingerprint density at radius 1 is 1.64 bits per heavy atom. The summed E-state index contributed by atoms with van der Waals surface area (Å²) in [5.74, 6) is -0.828. The maximum absolute atomic E-state index is 12.8. The van der Waals surface area contributed by atoms with Gasteiger partial charge in [0.2, 0.25) is 5.82 Å². The topological polar surface area (TPSA) is 56.0 Å². The van der Waals surface area contributed by atoms with Gasteiger partial charge < -0.3 is 0 Å². The summed E-state index contributed by atoms with van der Waals surface area (Å²) in [6.07, 6.45) is 2.11. The minimum absolute atomic E-state index is 0.150. The van der Waals surface area contributed by atoms with Crippen molar-refractivity contribution >= 4 is 28.3 Å². The van der Waals surface area contributed by atoms with Gasteiger partial charge in [0.05, 0.1) is 8.49 Å². The molecule has 1 aromatic heterocycles. The SMILES string of the molecule is O=[N+]([O-])c1cncc(I)c1F. The first-order chi connectivity index (χ1) is 5.13. The maximum atomic E-state index is 12.8. The number of nitrogens with zero attached hydrogens (tertiary/aromatic N) is 2. The van der Waals surface area contributed by atoms with Crippen LogP contribution < -0.4 is 0 Å². The van der Waals surface area contributed by atoms with Crippen LogP contribution in [-0.2, 0) is 0 Å². The molecule has 0 radical (unpaired) electrons. The van der Waals surface area contributed by atoms with Crippen LogP contribution in [0.3, 0.4) is 0 Å². The molecule has 1 heterocycles. The van der Waals surface area contributed by atoms with E-state index in [-0.39, 0.29) is 3.57 Å². The number of nitro groups is 1. The second-order valence-electron chi connectivity index (χ2n) is 1.71. The molecule has 1 rings (SSSR count). The highest BCUT2D eigenvalue weighted by Crippen LogP contribution is 2.19. The van der Waals surface area contributed by atoms with Crippen LogP contribution in [0.15, 0.2) is 12.4 Å². The van der Waals surface area contributed by atoms with Crippen LogP contribution in [0.4, 0.5) is 10.1 Å². The first kappa shape index (κ1) is 8.31. The van der Waals surface area contributed by atoms with E-state index >= 15 is 0 Å². The molecular formula is C5H2FIN2O2. The van der Waals surface area contributed by atoms with Crippen LogP contribution in [-0.4, -0.2) is 9.91 Å². The molecule has 0 unspecified atom stereocenters. The highest BCUT2D eigenvalue weighted by atomic mass is 127. The van der Waals surface area contributed by atoms with Crippen molar-refractivity contribution < 1.29 is 9.31 Å². The van der Waals surface area contributed by atoms with E-state index in [0.717, 1.165) is 6.20 Å². The molecule has 0 atom stereocenters. The molecule has 0 bridgehead atoms. The van der Waals surface area contributed by atoms with Crippen molar-refractivity contribution in [2.45, 2.75) is 0 Å². The fourth-order valence-electron chi connectivity index (χ4n) is 0.536.